The first-order valence-electron chi connectivity index (χ1n) is 5.93. The van der Waals surface area contributed by atoms with Crippen molar-refractivity contribution in [1.82, 2.24) is 4.90 Å². The lowest BCUT2D eigenvalue weighted by atomic mass is 10.2. The van der Waals surface area contributed by atoms with Gasteiger partial charge in [-0.05, 0) is 50.6 Å². The molecule has 1 aromatic carbocycles. The van der Waals surface area contributed by atoms with Gasteiger partial charge in [0.05, 0.1) is 0 Å². The standard InChI is InChI=1S/C13H20N2/c1-2-14-13-7-5-12(6-8-13)11-15-9-3-4-10-15/h5-8,14H,2-4,9-11H2,1H3. The van der Waals surface area contributed by atoms with Crippen LogP contribution in [-0.2, 0) is 6.54 Å². The Morgan fingerprint density at radius 3 is 2.40 bits per heavy atom. The molecule has 0 radical (unpaired) electrons. The molecule has 0 spiro atoms. The van der Waals surface area contributed by atoms with Crippen LogP contribution in [-0.4, -0.2) is 24.5 Å². The largest absolute Gasteiger partial charge is 0.385 e. The van der Waals surface area contributed by atoms with Crippen molar-refractivity contribution in [2.45, 2.75) is 26.3 Å². The molecule has 1 N–H and O–H groups in total. The summed E-state index contributed by atoms with van der Waals surface area (Å²) in [4.78, 5) is 2.53. The average molecular weight is 204 g/mol. The average Bonchev–Trinajstić information content (AvgIpc) is 2.74. The number of hydrogen-bond donors (Lipinski definition) is 1. The Bertz CT molecular complexity index is 286. The fraction of sp³-hybridized carbons (Fsp3) is 0.538. The highest BCUT2D eigenvalue weighted by molar-refractivity contribution is 5.44. The lowest BCUT2D eigenvalue weighted by Crippen LogP contribution is -2.18. The summed E-state index contributed by atoms with van der Waals surface area (Å²) in [6.07, 6.45) is 2.74. The highest BCUT2D eigenvalue weighted by Crippen LogP contribution is 2.14. The first-order chi connectivity index (χ1) is 7.38. The van der Waals surface area contributed by atoms with Crippen LogP contribution < -0.4 is 5.32 Å². The SMILES string of the molecule is CCNc1ccc(CN2CCCC2)cc1. The van der Waals surface area contributed by atoms with Gasteiger partial charge in [0.25, 0.3) is 0 Å². The molecule has 82 valence electrons. The Balaban J connectivity index is 1.91. The Kier molecular flexibility index (Phi) is 3.62. The van der Waals surface area contributed by atoms with Crippen molar-refractivity contribution in [3.05, 3.63) is 29.8 Å². The monoisotopic (exact) mass is 204 g/mol. The molecule has 1 aromatic rings. The fourth-order valence-electron chi connectivity index (χ4n) is 2.13. The van der Waals surface area contributed by atoms with E-state index in [4.69, 9.17) is 0 Å². The molecular formula is C13H20N2. The summed E-state index contributed by atoms with van der Waals surface area (Å²) in [5.41, 5.74) is 2.65. The Labute approximate surface area is 92.3 Å². The van der Waals surface area contributed by atoms with Crippen LogP contribution in [0.25, 0.3) is 0 Å². The molecule has 2 rings (SSSR count). The minimum Gasteiger partial charge on any atom is -0.385 e. The van der Waals surface area contributed by atoms with Gasteiger partial charge in [-0.25, -0.2) is 0 Å². The van der Waals surface area contributed by atoms with E-state index in [2.05, 4.69) is 41.4 Å². The molecule has 1 fully saturated rings. The lowest BCUT2D eigenvalue weighted by molar-refractivity contribution is 0.331. The summed E-state index contributed by atoms with van der Waals surface area (Å²) in [5, 5.41) is 3.31. The summed E-state index contributed by atoms with van der Waals surface area (Å²) in [7, 11) is 0. The maximum absolute atomic E-state index is 3.31. The van der Waals surface area contributed by atoms with Crippen LogP contribution in [0.2, 0.25) is 0 Å². The van der Waals surface area contributed by atoms with E-state index in [1.54, 1.807) is 0 Å². The molecule has 0 bridgehead atoms. The van der Waals surface area contributed by atoms with Crippen molar-refractivity contribution in [2.24, 2.45) is 0 Å². The summed E-state index contributed by atoms with van der Waals surface area (Å²) in [5.74, 6) is 0. The number of nitrogens with one attached hydrogen (secondary N) is 1. The summed E-state index contributed by atoms with van der Waals surface area (Å²) >= 11 is 0. The smallest absolute Gasteiger partial charge is 0.0340 e. The molecule has 0 amide bonds. The number of hydrogen-bond acceptors (Lipinski definition) is 2. The molecule has 0 unspecified atom stereocenters. The van der Waals surface area contributed by atoms with Crippen molar-refractivity contribution in [3.8, 4) is 0 Å². The second kappa shape index (κ2) is 5.17. The second-order valence-corrected chi connectivity index (χ2v) is 4.21. The van der Waals surface area contributed by atoms with Gasteiger partial charge < -0.3 is 5.32 Å². The van der Waals surface area contributed by atoms with Gasteiger partial charge in [-0.1, -0.05) is 12.1 Å². The molecule has 15 heavy (non-hydrogen) atoms. The predicted molar refractivity (Wildman–Crippen MR) is 65.1 cm³/mol. The molecule has 1 aliphatic rings. The zero-order valence-corrected chi connectivity index (χ0v) is 9.50. The zero-order valence-electron chi connectivity index (χ0n) is 9.50. The third-order valence-electron chi connectivity index (χ3n) is 2.94. The molecule has 2 nitrogen and oxygen atoms in total. The van der Waals surface area contributed by atoms with E-state index in [9.17, 15) is 0 Å². The van der Waals surface area contributed by atoms with Crippen LogP contribution in [0.5, 0.6) is 0 Å². The van der Waals surface area contributed by atoms with Crippen LogP contribution in [0.15, 0.2) is 24.3 Å². The van der Waals surface area contributed by atoms with Crippen LogP contribution in [0.4, 0.5) is 5.69 Å². The number of nitrogens with zero attached hydrogens (tertiary/aromatic N) is 1. The van der Waals surface area contributed by atoms with Gasteiger partial charge in [-0.2, -0.15) is 0 Å². The van der Waals surface area contributed by atoms with Crippen molar-refractivity contribution >= 4 is 5.69 Å². The van der Waals surface area contributed by atoms with E-state index in [0.717, 1.165) is 13.1 Å². The van der Waals surface area contributed by atoms with Crippen LogP contribution >= 0.6 is 0 Å². The Morgan fingerprint density at radius 2 is 1.80 bits per heavy atom. The van der Waals surface area contributed by atoms with Crippen molar-refractivity contribution in [1.29, 1.82) is 0 Å². The van der Waals surface area contributed by atoms with Gasteiger partial charge in [0, 0.05) is 18.8 Å². The Morgan fingerprint density at radius 1 is 1.13 bits per heavy atom. The maximum Gasteiger partial charge on any atom is 0.0340 e. The molecule has 0 aromatic heterocycles. The summed E-state index contributed by atoms with van der Waals surface area (Å²) in [6, 6.07) is 8.82. The first kappa shape index (κ1) is 10.5. The van der Waals surface area contributed by atoms with Crippen molar-refractivity contribution < 1.29 is 0 Å². The lowest BCUT2D eigenvalue weighted by Gasteiger charge is -2.14. The molecule has 2 heteroatoms. The predicted octanol–water partition coefficient (Wildman–Crippen LogP) is 2.71. The number of benzene rings is 1. The highest BCUT2D eigenvalue weighted by Gasteiger charge is 2.11. The summed E-state index contributed by atoms with van der Waals surface area (Å²) in [6.45, 7) is 6.78. The van der Waals surface area contributed by atoms with Gasteiger partial charge >= 0.3 is 0 Å². The van der Waals surface area contributed by atoms with Gasteiger partial charge in [0.15, 0.2) is 0 Å². The van der Waals surface area contributed by atoms with Crippen molar-refractivity contribution in [2.75, 3.05) is 25.0 Å². The molecule has 1 heterocycles. The topological polar surface area (TPSA) is 15.3 Å². The Hall–Kier alpha value is -1.02. The van der Waals surface area contributed by atoms with Crippen molar-refractivity contribution in [3.63, 3.8) is 0 Å². The quantitative estimate of drug-likeness (QED) is 0.811. The zero-order chi connectivity index (χ0) is 10.5. The maximum atomic E-state index is 3.31. The molecular weight excluding hydrogens is 184 g/mol. The van der Waals surface area contributed by atoms with E-state index in [1.165, 1.54) is 37.2 Å². The molecule has 0 saturated carbocycles. The van der Waals surface area contributed by atoms with Gasteiger partial charge in [-0.15, -0.1) is 0 Å². The van der Waals surface area contributed by atoms with Gasteiger partial charge in [0.1, 0.15) is 0 Å². The highest BCUT2D eigenvalue weighted by atomic mass is 15.1. The summed E-state index contributed by atoms with van der Waals surface area (Å²) < 4.78 is 0. The molecule has 0 atom stereocenters. The van der Waals surface area contributed by atoms with Gasteiger partial charge in [-0.3, -0.25) is 4.90 Å². The molecule has 1 aliphatic heterocycles. The van der Waals surface area contributed by atoms with Crippen LogP contribution in [0.1, 0.15) is 25.3 Å². The minimum absolute atomic E-state index is 0.992. The number of likely N-dealkylation sites (tertiary alicyclic amines) is 1. The van der Waals surface area contributed by atoms with E-state index in [1.807, 2.05) is 0 Å². The minimum atomic E-state index is 0.992. The molecule has 1 saturated heterocycles. The van der Waals surface area contributed by atoms with E-state index < -0.39 is 0 Å². The normalized spacial score (nSPS) is 16.9. The van der Waals surface area contributed by atoms with E-state index in [-0.39, 0.29) is 0 Å². The number of rotatable bonds is 4. The third kappa shape index (κ3) is 2.96. The first-order valence-corrected chi connectivity index (χ1v) is 5.93. The molecule has 0 aliphatic carbocycles. The third-order valence-corrected chi connectivity index (χ3v) is 2.94. The second-order valence-electron chi connectivity index (χ2n) is 4.21. The number of anilines is 1. The van der Waals surface area contributed by atoms with E-state index >= 15 is 0 Å². The fourth-order valence-corrected chi connectivity index (χ4v) is 2.13. The van der Waals surface area contributed by atoms with E-state index in [0.29, 0.717) is 0 Å². The van der Waals surface area contributed by atoms with Crippen LogP contribution in [0.3, 0.4) is 0 Å². The van der Waals surface area contributed by atoms with Gasteiger partial charge in [0.2, 0.25) is 0 Å². The van der Waals surface area contributed by atoms with Crippen LogP contribution in [0, 0.1) is 0 Å².